The molecule has 28 heavy (non-hydrogen) atoms. The van der Waals surface area contributed by atoms with Crippen molar-refractivity contribution in [3.63, 3.8) is 0 Å². The molecular formula is C20H12Cl2F3NO2. The number of anilines is 1. The van der Waals surface area contributed by atoms with Crippen LogP contribution in [0.4, 0.5) is 18.9 Å². The molecule has 0 aliphatic rings. The maximum atomic E-state index is 13.3. The van der Waals surface area contributed by atoms with Crippen molar-refractivity contribution in [1.82, 2.24) is 0 Å². The Kier molecular flexibility index (Phi) is 5.54. The largest absolute Gasteiger partial charge is 0.507 e. The lowest BCUT2D eigenvalue weighted by Crippen LogP contribution is -2.13. The number of benzene rings is 3. The lowest BCUT2D eigenvalue weighted by Gasteiger charge is -2.14. The van der Waals surface area contributed by atoms with Crippen molar-refractivity contribution in [2.75, 3.05) is 5.32 Å². The van der Waals surface area contributed by atoms with Gasteiger partial charge in [0.2, 0.25) is 0 Å². The zero-order valence-electron chi connectivity index (χ0n) is 14.0. The third-order valence-corrected chi connectivity index (χ3v) is 4.39. The van der Waals surface area contributed by atoms with Crippen LogP contribution in [0.25, 0.3) is 11.1 Å². The Hall–Kier alpha value is -2.70. The molecule has 1 amide bonds. The summed E-state index contributed by atoms with van der Waals surface area (Å²) in [6, 6.07) is 13.3. The standard InChI is InChI=1S/C20H12Cl2F3NO2/c21-14-3-1-11(2-4-14)12-7-13(20(23,24)25)9-16(8-12)26-19(28)17-10-15(22)5-6-18(17)27/h1-10,27H,(H,26,28). The number of hydrogen-bond donors (Lipinski definition) is 2. The average molecular weight is 426 g/mol. The van der Waals surface area contributed by atoms with Gasteiger partial charge in [-0.2, -0.15) is 13.2 Å². The van der Waals surface area contributed by atoms with Gasteiger partial charge in [0, 0.05) is 15.7 Å². The number of hydrogen-bond acceptors (Lipinski definition) is 2. The molecule has 0 aliphatic carbocycles. The highest BCUT2D eigenvalue weighted by atomic mass is 35.5. The average Bonchev–Trinajstić information content (AvgIpc) is 2.63. The molecule has 2 N–H and O–H groups in total. The van der Waals surface area contributed by atoms with Crippen LogP contribution in [0.15, 0.2) is 60.7 Å². The minimum atomic E-state index is -4.61. The SMILES string of the molecule is O=C(Nc1cc(-c2ccc(Cl)cc2)cc(C(F)(F)F)c1)c1cc(Cl)ccc1O. The fraction of sp³-hybridized carbons (Fsp3) is 0.0500. The Labute approximate surface area is 168 Å². The van der Waals surface area contributed by atoms with Crippen molar-refractivity contribution in [3.05, 3.63) is 81.8 Å². The molecule has 0 radical (unpaired) electrons. The number of carbonyl (C=O) groups is 1. The molecule has 0 aromatic heterocycles. The van der Waals surface area contributed by atoms with Crippen molar-refractivity contribution >= 4 is 34.8 Å². The van der Waals surface area contributed by atoms with Crippen LogP contribution in [0.2, 0.25) is 10.0 Å². The van der Waals surface area contributed by atoms with Gasteiger partial charge in [-0.3, -0.25) is 4.79 Å². The molecule has 0 fully saturated rings. The summed E-state index contributed by atoms with van der Waals surface area (Å²) in [5.41, 5.74) is -0.415. The first kappa shape index (κ1) is 20.0. The Morgan fingerprint density at radius 3 is 2.14 bits per heavy atom. The van der Waals surface area contributed by atoms with Gasteiger partial charge in [0.05, 0.1) is 11.1 Å². The van der Waals surface area contributed by atoms with Crippen molar-refractivity contribution < 1.29 is 23.1 Å². The van der Waals surface area contributed by atoms with Crippen LogP contribution >= 0.6 is 23.2 Å². The van der Waals surface area contributed by atoms with E-state index in [0.29, 0.717) is 10.6 Å². The van der Waals surface area contributed by atoms with Crippen LogP contribution in [-0.4, -0.2) is 11.0 Å². The predicted octanol–water partition coefficient (Wildman–Crippen LogP) is 6.64. The molecule has 0 heterocycles. The van der Waals surface area contributed by atoms with Gasteiger partial charge in [0.15, 0.2) is 0 Å². The second kappa shape index (κ2) is 7.73. The van der Waals surface area contributed by atoms with Gasteiger partial charge in [-0.25, -0.2) is 0 Å². The van der Waals surface area contributed by atoms with E-state index in [1.165, 1.54) is 24.3 Å². The first-order valence-electron chi connectivity index (χ1n) is 7.91. The summed E-state index contributed by atoms with van der Waals surface area (Å²) in [6.45, 7) is 0. The predicted molar refractivity (Wildman–Crippen MR) is 103 cm³/mol. The van der Waals surface area contributed by atoms with E-state index in [1.807, 2.05) is 0 Å². The molecule has 3 nitrogen and oxygen atoms in total. The maximum Gasteiger partial charge on any atom is 0.416 e. The number of carbonyl (C=O) groups excluding carboxylic acids is 1. The van der Waals surface area contributed by atoms with Crippen LogP contribution < -0.4 is 5.32 Å². The summed E-state index contributed by atoms with van der Waals surface area (Å²) in [7, 11) is 0. The highest BCUT2D eigenvalue weighted by molar-refractivity contribution is 6.31. The smallest absolute Gasteiger partial charge is 0.416 e. The highest BCUT2D eigenvalue weighted by Crippen LogP contribution is 2.35. The van der Waals surface area contributed by atoms with Crippen molar-refractivity contribution in [1.29, 1.82) is 0 Å². The van der Waals surface area contributed by atoms with Crippen molar-refractivity contribution in [2.24, 2.45) is 0 Å². The van der Waals surface area contributed by atoms with E-state index in [9.17, 15) is 23.1 Å². The Bertz CT molecular complexity index is 1030. The molecule has 3 aromatic carbocycles. The van der Waals surface area contributed by atoms with Crippen LogP contribution in [0.1, 0.15) is 15.9 Å². The topological polar surface area (TPSA) is 49.3 Å². The summed E-state index contributed by atoms with van der Waals surface area (Å²) in [5.74, 6) is -1.13. The van der Waals surface area contributed by atoms with Gasteiger partial charge < -0.3 is 10.4 Å². The fourth-order valence-electron chi connectivity index (χ4n) is 2.56. The molecule has 0 atom stereocenters. The Balaban J connectivity index is 2.02. The molecule has 0 saturated heterocycles. The maximum absolute atomic E-state index is 13.3. The highest BCUT2D eigenvalue weighted by Gasteiger charge is 2.31. The first-order valence-corrected chi connectivity index (χ1v) is 8.67. The summed E-state index contributed by atoms with van der Waals surface area (Å²) in [5, 5.41) is 12.8. The van der Waals surface area contributed by atoms with Crippen LogP contribution in [0, 0.1) is 0 Å². The number of amides is 1. The van der Waals surface area contributed by atoms with E-state index < -0.39 is 17.6 Å². The lowest BCUT2D eigenvalue weighted by atomic mass is 10.0. The summed E-state index contributed by atoms with van der Waals surface area (Å²) < 4.78 is 39.9. The van der Waals surface area contributed by atoms with Gasteiger partial charge in [-0.05, 0) is 59.7 Å². The fourth-order valence-corrected chi connectivity index (χ4v) is 2.86. The number of aromatic hydroxyl groups is 1. The Morgan fingerprint density at radius 2 is 1.50 bits per heavy atom. The van der Waals surface area contributed by atoms with Crippen molar-refractivity contribution in [2.45, 2.75) is 6.18 Å². The number of phenols is 1. The molecular weight excluding hydrogens is 414 g/mol. The van der Waals surface area contributed by atoms with E-state index in [0.717, 1.165) is 12.1 Å². The van der Waals surface area contributed by atoms with E-state index in [1.54, 1.807) is 24.3 Å². The second-order valence-electron chi connectivity index (χ2n) is 5.92. The molecule has 0 bridgehead atoms. The number of alkyl halides is 3. The van der Waals surface area contributed by atoms with Gasteiger partial charge in [0.1, 0.15) is 5.75 Å². The van der Waals surface area contributed by atoms with Gasteiger partial charge in [-0.1, -0.05) is 35.3 Å². The first-order chi connectivity index (χ1) is 13.1. The summed E-state index contributed by atoms with van der Waals surface area (Å²) in [6.07, 6.45) is -4.61. The third-order valence-electron chi connectivity index (χ3n) is 3.90. The van der Waals surface area contributed by atoms with E-state index >= 15 is 0 Å². The van der Waals surface area contributed by atoms with E-state index in [-0.39, 0.29) is 27.6 Å². The number of phenolic OH excluding ortho intramolecular Hbond substituents is 1. The third kappa shape index (κ3) is 4.58. The lowest BCUT2D eigenvalue weighted by molar-refractivity contribution is -0.137. The molecule has 0 spiro atoms. The molecule has 0 unspecified atom stereocenters. The van der Waals surface area contributed by atoms with E-state index in [4.69, 9.17) is 23.2 Å². The van der Waals surface area contributed by atoms with Gasteiger partial charge in [0.25, 0.3) is 5.91 Å². The second-order valence-corrected chi connectivity index (χ2v) is 6.79. The monoisotopic (exact) mass is 425 g/mol. The summed E-state index contributed by atoms with van der Waals surface area (Å²) in [4.78, 5) is 12.4. The van der Waals surface area contributed by atoms with Crippen LogP contribution in [0.3, 0.4) is 0 Å². The van der Waals surface area contributed by atoms with Gasteiger partial charge >= 0.3 is 6.18 Å². The van der Waals surface area contributed by atoms with E-state index in [2.05, 4.69) is 5.32 Å². The van der Waals surface area contributed by atoms with Gasteiger partial charge in [-0.15, -0.1) is 0 Å². The molecule has 3 aromatic rings. The zero-order chi connectivity index (χ0) is 20.5. The molecule has 144 valence electrons. The molecule has 0 saturated carbocycles. The van der Waals surface area contributed by atoms with Crippen LogP contribution in [0.5, 0.6) is 5.75 Å². The summed E-state index contributed by atoms with van der Waals surface area (Å²) >= 11 is 11.6. The molecule has 3 rings (SSSR count). The number of nitrogens with one attached hydrogen (secondary N) is 1. The quantitative estimate of drug-likeness (QED) is 0.494. The van der Waals surface area contributed by atoms with Crippen molar-refractivity contribution in [3.8, 4) is 16.9 Å². The molecule has 0 aliphatic heterocycles. The normalized spacial score (nSPS) is 11.3. The minimum Gasteiger partial charge on any atom is -0.507 e. The number of halogens is 5. The minimum absolute atomic E-state index is 0.0795. The van der Waals surface area contributed by atoms with Crippen LogP contribution in [-0.2, 0) is 6.18 Å². The number of rotatable bonds is 3. The molecule has 8 heteroatoms. The Morgan fingerprint density at radius 1 is 0.857 bits per heavy atom. The zero-order valence-corrected chi connectivity index (χ0v) is 15.5.